The van der Waals surface area contributed by atoms with E-state index in [2.05, 4.69) is 17.9 Å². The van der Waals surface area contributed by atoms with Gasteiger partial charge < -0.3 is 5.11 Å². The third-order valence-corrected chi connectivity index (χ3v) is 9.03. The largest absolute Gasteiger partial charge is 0.508 e. The highest BCUT2D eigenvalue weighted by atomic mass is 35.5. The van der Waals surface area contributed by atoms with Crippen molar-refractivity contribution in [3.8, 4) is 5.75 Å². The second kappa shape index (κ2) is 10.6. The number of amides is 1. The van der Waals surface area contributed by atoms with Crippen molar-refractivity contribution in [2.45, 2.75) is 63.5 Å². The molecular formula is C30H33Cl2N3O2. The summed E-state index contributed by atoms with van der Waals surface area (Å²) in [7, 11) is 0. The van der Waals surface area contributed by atoms with E-state index in [1.807, 2.05) is 54.3 Å². The van der Waals surface area contributed by atoms with Crippen molar-refractivity contribution in [3.05, 3.63) is 87.5 Å². The van der Waals surface area contributed by atoms with Crippen molar-refractivity contribution in [1.29, 1.82) is 0 Å². The Hall–Kier alpha value is -2.60. The third-order valence-electron chi connectivity index (χ3n) is 8.29. The summed E-state index contributed by atoms with van der Waals surface area (Å²) in [6.45, 7) is 5.72. The fraction of sp³-hybridized carbons (Fsp3) is 0.400. The molecule has 0 aliphatic carbocycles. The van der Waals surface area contributed by atoms with Crippen LogP contribution in [0.3, 0.4) is 0 Å². The average molecular weight is 539 g/mol. The summed E-state index contributed by atoms with van der Waals surface area (Å²) in [5, 5.41) is 10.9. The zero-order valence-electron chi connectivity index (χ0n) is 21.3. The van der Waals surface area contributed by atoms with Crippen LogP contribution in [-0.2, 0) is 10.2 Å². The summed E-state index contributed by atoms with van der Waals surface area (Å²) in [4.78, 5) is 22.4. The van der Waals surface area contributed by atoms with E-state index in [1.54, 1.807) is 12.1 Å². The maximum Gasteiger partial charge on any atom is 0.228 e. The molecule has 2 fully saturated rings. The molecule has 2 unspecified atom stereocenters. The van der Waals surface area contributed by atoms with Crippen LogP contribution in [-0.4, -0.2) is 40.0 Å². The maximum absolute atomic E-state index is 13.3. The fourth-order valence-corrected chi connectivity index (χ4v) is 6.51. The molecule has 2 saturated heterocycles. The van der Waals surface area contributed by atoms with E-state index in [0.29, 0.717) is 35.2 Å². The van der Waals surface area contributed by atoms with Crippen LogP contribution in [0.1, 0.15) is 61.9 Å². The molecule has 0 bridgehead atoms. The smallest absolute Gasteiger partial charge is 0.228 e. The lowest BCUT2D eigenvalue weighted by molar-refractivity contribution is -0.121. The van der Waals surface area contributed by atoms with Gasteiger partial charge in [-0.15, -0.1) is 0 Å². The van der Waals surface area contributed by atoms with Crippen molar-refractivity contribution < 1.29 is 9.90 Å². The molecule has 3 heterocycles. The topological polar surface area (TPSA) is 56.7 Å². The van der Waals surface area contributed by atoms with Crippen LogP contribution < -0.4 is 4.90 Å². The highest BCUT2D eigenvalue weighted by Gasteiger charge is 2.48. The van der Waals surface area contributed by atoms with Gasteiger partial charge in [0.15, 0.2) is 0 Å². The summed E-state index contributed by atoms with van der Waals surface area (Å²) in [6.07, 6.45) is 4.48. The molecule has 37 heavy (non-hydrogen) atoms. The first-order valence-corrected chi connectivity index (χ1v) is 13.8. The Morgan fingerprint density at radius 3 is 2.57 bits per heavy atom. The van der Waals surface area contributed by atoms with Crippen LogP contribution in [0.25, 0.3) is 0 Å². The molecule has 5 nitrogen and oxygen atoms in total. The fourth-order valence-electron chi connectivity index (χ4n) is 6.22. The Balaban J connectivity index is 1.59. The minimum atomic E-state index is -0.375. The zero-order valence-corrected chi connectivity index (χ0v) is 22.8. The van der Waals surface area contributed by atoms with Gasteiger partial charge in [-0.3, -0.25) is 14.6 Å². The lowest BCUT2D eigenvalue weighted by atomic mass is 9.67. The molecule has 2 aliphatic heterocycles. The number of aryl methyl sites for hydroxylation is 1. The summed E-state index contributed by atoms with van der Waals surface area (Å²) in [6, 6.07) is 19.7. The number of likely N-dealkylation sites (tertiary alicyclic amines) is 1. The van der Waals surface area contributed by atoms with E-state index in [0.717, 1.165) is 37.1 Å². The molecule has 5 rings (SSSR count). The molecule has 3 atom stereocenters. The Morgan fingerprint density at radius 2 is 1.84 bits per heavy atom. The minimum absolute atomic E-state index is 0.0923. The number of nitrogens with zero attached hydrogens (tertiary/aromatic N) is 3. The summed E-state index contributed by atoms with van der Waals surface area (Å²) < 4.78 is 0. The zero-order chi connectivity index (χ0) is 26.2. The monoisotopic (exact) mass is 537 g/mol. The van der Waals surface area contributed by atoms with Crippen molar-refractivity contribution in [2.75, 3.05) is 18.0 Å². The van der Waals surface area contributed by atoms with E-state index in [1.165, 1.54) is 5.56 Å². The lowest BCUT2D eigenvalue weighted by Crippen LogP contribution is -2.60. The Kier molecular flexibility index (Phi) is 7.49. The van der Waals surface area contributed by atoms with Crippen LogP contribution in [0.5, 0.6) is 5.75 Å². The molecule has 2 aromatic carbocycles. The predicted molar refractivity (Wildman–Crippen MR) is 150 cm³/mol. The number of aromatic nitrogens is 1. The van der Waals surface area contributed by atoms with E-state index in [4.69, 9.17) is 28.2 Å². The molecule has 0 radical (unpaired) electrons. The Bertz CT molecular complexity index is 1280. The number of rotatable bonds is 5. The SMILES string of the molecule is Cc1cccc(N2C[C@](c3ccc(Cl)c(Cl)c3)(C(C)N3CCCCC3c3ccc(O)cc3)CCC2=O)n1. The molecular weight excluding hydrogens is 505 g/mol. The van der Waals surface area contributed by atoms with Crippen LogP contribution >= 0.6 is 23.2 Å². The number of carbonyl (C=O) groups is 1. The van der Waals surface area contributed by atoms with E-state index >= 15 is 0 Å². The van der Waals surface area contributed by atoms with Crippen LogP contribution in [0.15, 0.2) is 60.7 Å². The van der Waals surface area contributed by atoms with Gasteiger partial charge in [-0.1, -0.05) is 53.9 Å². The summed E-state index contributed by atoms with van der Waals surface area (Å²) >= 11 is 12.9. The number of aromatic hydroxyl groups is 1. The van der Waals surface area contributed by atoms with Crippen LogP contribution in [0.2, 0.25) is 10.0 Å². The van der Waals surface area contributed by atoms with Crippen molar-refractivity contribution in [3.63, 3.8) is 0 Å². The van der Waals surface area contributed by atoms with E-state index < -0.39 is 0 Å². The number of carbonyl (C=O) groups excluding carboxylic acids is 1. The van der Waals surface area contributed by atoms with Gasteiger partial charge in [0.05, 0.1) is 10.0 Å². The van der Waals surface area contributed by atoms with Gasteiger partial charge >= 0.3 is 0 Å². The molecule has 7 heteroatoms. The Labute approximate surface area is 229 Å². The van der Waals surface area contributed by atoms with Gasteiger partial charge in [-0.05, 0) is 87.2 Å². The van der Waals surface area contributed by atoms with E-state index in [-0.39, 0.29) is 29.2 Å². The Morgan fingerprint density at radius 1 is 1.05 bits per heavy atom. The number of anilines is 1. The first kappa shape index (κ1) is 26.0. The maximum atomic E-state index is 13.3. The van der Waals surface area contributed by atoms with Crippen molar-refractivity contribution in [1.82, 2.24) is 9.88 Å². The lowest BCUT2D eigenvalue weighted by Gasteiger charge is -2.52. The molecule has 194 valence electrons. The van der Waals surface area contributed by atoms with Gasteiger partial charge in [-0.2, -0.15) is 0 Å². The van der Waals surface area contributed by atoms with Gasteiger partial charge in [0.25, 0.3) is 0 Å². The van der Waals surface area contributed by atoms with Crippen molar-refractivity contribution >= 4 is 34.9 Å². The molecule has 0 saturated carbocycles. The van der Waals surface area contributed by atoms with Crippen LogP contribution in [0.4, 0.5) is 5.82 Å². The molecule has 1 aromatic heterocycles. The van der Waals surface area contributed by atoms with Crippen LogP contribution in [0, 0.1) is 6.92 Å². The molecule has 0 spiro atoms. The van der Waals surface area contributed by atoms with Gasteiger partial charge in [0.1, 0.15) is 11.6 Å². The molecule has 2 aliphatic rings. The second-order valence-corrected chi connectivity index (χ2v) is 11.2. The summed E-state index contributed by atoms with van der Waals surface area (Å²) in [5.41, 5.74) is 2.81. The summed E-state index contributed by atoms with van der Waals surface area (Å²) in [5.74, 6) is 1.06. The van der Waals surface area contributed by atoms with Gasteiger partial charge in [0.2, 0.25) is 5.91 Å². The third kappa shape index (κ3) is 5.09. The highest BCUT2D eigenvalue weighted by molar-refractivity contribution is 6.42. The number of hydrogen-bond acceptors (Lipinski definition) is 4. The van der Waals surface area contributed by atoms with Gasteiger partial charge in [0, 0.05) is 36.2 Å². The number of pyridine rings is 1. The number of phenols is 1. The number of phenolic OH excluding ortho intramolecular Hbond substituents is 1. The molecule has 1 N–H and O–H groups in total. The highest BCUT2D eigenvalue weighted by Crippen LogP contribution is 2.46. The van der Waals surface area contributed by atoms with E-state index in [9.17, 15) is 9.90 Å². The minimum Gasteiger partial charge on any atom is -0.508 e. The quantitative estimate of drug-likeness (QED) is 0.377. The standard InChI is InChI=1S/C30H33Cl2N3O2/c1-20-6-5-8-28(33-20)35-19-30(16-15-29(35)37,23-11-14-25(31)26(32)18-23)21(2)34-17-4-3-7-27(34)22-9-12-24(36)13-10-22/h5-6,8-14,18,21,27,36H,3-4,7,15-17,19H2,1-2H3/t21?,27?,30-/m0/s1. The number of piperidine rings is 2. The van der Waals surface area contributed by atoms with Gasteiger partial charge in [-0.25, -0.2) is 4.98 Å². The average Bonchev–Trinajstić information content (AvgIpc) is 2.91. The molecule has 3 aromatic rings. The number of hydrogen-bond donors (Lipinski definition) is 1. The number of benzene rings is 2. The molecule has 1 amide bonds. The first-order chi connectivity index (χ1) is 17.8. The van der Waals surface area contributed by atoms with Crippen molar-refractivity contribution in [2.24, 2.45) is 0 Å². The second-order valence-electron chi connectivity index (χ2n) is 10.4. The number of halogens is 2. The predicted octanol–water partition coefficient (Wildman–Crippen LogP) is 7.08. The normalized spacial score (nSPS) is 23.7. The first-order valence-electron chi connectivity index (χ1n) is 13.0.